The second kappa shape index (κ2) is 10.0. The van der Waals surface area contributed by atoms with Crippen molar-refractivity contribution in [3.8, 4) is 11.1 Å². The summed E-state index contributed by atoms with van der Waals surface area (Å²) in [4.78, 5) is 30.5. The first-order valence-electron chi connectivity index (χ1n) is 11.9. The molecule has 0 atom stereocenters. The van der Waals surface area contributed by atoms with E-state index < -0.39 is 15.7 Å². The normalized spacial score (nSPS) is 16.4. The van der Waals surface area contributed by atoms with Gasteiger partial charge in [0.05, 0.1) is 25.0 Å². The number of aryl methyl sites for hydroxylation is 1. The van der Waals surface area contributed by atoms with E-state index in [1.54, 1.807) is 6.20 Å². The molecule has 3 aromatic rings. The number of aliphatic hydroxyl groups is 1. The summed E-state index contributed by atoms with van der Waals surface area (Å²) in [5.74, 6) is 0.911. The zero-order chi connectivity index (χ0) is 26.2. The van der Waals surface area contributed by atoms with Crippen molar-refractivity contribution >= 4 is 33.1 Å². The fraction of sp³-hybridized carbons (Fsp3) is 0.360. The lowest BCUT2D eigenvalue weighted by molar-refractivity contribution is 0.102. The quantitative estimate of drug-likeness (QED) is 0.488. The highest BCUT2D eigenvalue weighted by Gasteiger charge is 2.26. The molecule has 11 nitrogen and oxygen atoms in total. The van der Waals surface area contributed by atoms with Gasteiger partial charge in [-0.05, 0) is 42.8 Å². The second-order valence-corrected chi connectivity index (χ2v) is 11.1. The van der Waals surface area contributed by atoms with Crippen LogP contribution in [0.3, 0.4) is 0 Å². The number of pyridine rings is 3. The predicted octanol–water partition coefficient (Wildman–Crippen LogP) is 1.52. The number of β-amino-alcohol motifs (C(OH)–C–C–N with tert-alkyl or cyclic N) is 1. The molecule has 194 valence electrons. The molecule has 2 aliphatic rings. The largest absolute Gasteiger partial charge is 0.389 e. The summed E-state index contributed by atoms with van der Waals surface area (Å²) >= 11 is 0. The highest BCUT2D eigenvalue weighted by molar-refractivity contribution is 7.90. The third kappa shape index (κ3) is 5.41. The molecule has 0 saturated carbocycles. The Bertz CT molecular complexity index is 1440. The summed E-state index contributed by atoms with van der Waals surface area (Å²) in [6, 6.07) is 8.44. The average molecular weight is 525 g/mol. The highest BCUT2D eigenvalue weighted by atomic mass is 32.2. The third-order valence-corrected chi connectivity index (χ3v) is 7.35. The number of carbonyl (C=O) groups excluding carboxylic acids is 1. The molecule has 0 unspecified atom stereocenters. The Labute approximate surface area is 215 Å². The number of morpholine rings is 1. The van der Waals surface area contributed by atoms with E-state index in [1.807, 2.05) is 30.0 Å². The number of hydrogen-bond acceptors (Lipinski definition) is 10. The van der Waals surface area contributed by atoms with Crippen LogP contribution in [0, 0.1) is 6.92 Å². The number of hydrogen-bond donors (Lipinski definition) is 2. The molecule has 0 spiro atoms. The van der Waals surface area contributed by atoms with E-state index in [9.17, 15) is 18.3 Å². The molecule has 3 aromatic heterocycles. The number of ether oxygens (including phenoxy) is 1. The molecule has 0 radical (unpaired) electrons. The van der Waals surface area contributed by atoms with Crippen LogP contribution in [-0.2, 0) is 14.6 Å². The highest BCUT2D eigenvalue weighted by Crippen LogP contribution is 2.34. The van der Waals surface area contributed by atoms with Crippen LogP contribution in [0.2, 0.25) is 0 Å². The van der Waals surface area contributed by atoms with Crippen molar-refractivity contribution in [3.63, 3.8) is 0 Å². The molecule has 0 bridgehead atoms. The number of anilines is 3. The van der Waals surface area contributed by atoms with Crippen LogP contribution in [0.15, 0.2) is 47.8 Å². The summed E-state index contributed by atoms with van der Waals surface area (Å²) in [5.41, 5.74) is 3.16. The van der Waals surface area contributed by atoms with Gasteiger partial charge in [-0.1, -0.05) is 0 Å². The number of amides is 1. The van der Waals surface area contributed by atoms with Crippen LogP contribution in [-0.4, -0.2) is 86.1 Å². The Kier molecular flexibility index (Phi) is 6.80. The van der Waals surface area contributed by atoms with Gasteiger partial charge in [0.25, 0.3) is 5.91 Å². The lowest BCUT2D eigenvalue weighted by Crippen LogP contribution is -2.51. The molecule has 5 rings (SSSR count). The van der Waals surface area contributed by atoms with Gasteiger partial charge in [0, 0.05) is 61.6 Å². The van der Waals surface area contributed by atoms with E-state index in [0.29, 0.717) is 50.9 Å². The minimum Gasteiger partial charge on any atom is -0.389 e. The van der Waals surface area contributed by atoms with Crippen LogP contribution < -0.4 is 15.1 Å². The first kappa shape index (κ1) is 25.1. The van der Waals surface area contributed by atoms with Gasteiger partial charge < -0.3 is 25.0 Å². The SMILES string of the molecule is Cc1nc(N2CCOCC2)c(NC(=O)c2ccnc(S(C)(=O)=O)c2)cc1-c1ccnc(N2CC(O)C2)c1. The Morgan fingerprint density at radius 1 is 1.08 bits per heavy atom. The van der Waals surface area contributed by atoms with Crippen molar-refractivity contribution < 1.29 is 23.1 Å². The van der Waals surface area contributed by atoms with Gasteiger partial charge in [-0.15, -0.1) is 0 Å². The van der Waals surface area contributed by atoms with E-state index in [2.05, 4.69) is 20.2 Å². The Balaban J connectivity index is 1.52. The number of nitrogens with one attached hydrogen (secondary N) is 1. The van der Waals surface area contributed by atoms with Gasteiger partial charge in [0.2, 0.25) is 0 Å². The van der Waals surface area contributed by atoms with Gasteiger partial charge in [0.1, 0.15) is 5.82 Å². The van der Waals surface area contributed by atoms with Crippen molar-refractivity contribution in [1.29, 1.82) is 0 Å². The van der Waals surface area contributed by atoms with Crippen molar-refractivity contribution in [2.24, 2.45) is 0 Å². The number of nitrogens with zero attached hydrogens (tertiary/aromatic N) is 5. The van der Waals surface area contributed by atoms with Crippen molar-refractivity contribution in [1.82, 2.24) is 15.0 Å². The molecule has 2 fully saturated rings. The van der Waals surface area contributed by atoms with Crippen LogP contribution in [0.4, 0.5) is 17.3 Å². The number of carbonyl (C=O) groups is 1. The van der Waals surface area contributed by atoms with Crippen molar-refractivity contribution in [2.75, 3.05) is 60.8 Å². The fourth-order valence-corrected chi connectivity index (χ4v) is 4.94. The molecular weight excluding hydrogens is 496 g/mol. The summed E-state index contributed by atoms with van der Waals surface area (Å²) < 4.78 is 29.4. The zero-order valence-electron chi connectivity index (χ0n) is 20.6. The monoisotopic (exact) mass is 524 g/mol. The van der Waals surface area contributed by atoms with E-state index in [-0.39, 0.29) is 16.7 Å². The van der Waals surface area contributed by atoms with E-state index in [1.165, 1.54) is 18.3 Å². The molecule has 0 aliphatic carbocycles. The maximum atomic E-state index is 13.2. The van der Waals surface area contributed by atoms with Crippen LogP contribution in [0.25, 0.3) is 11.1 Å². The number of sulfone groups is 1. The molecule has 2 aliphatic heterocycles. The summed E-state index contributed by atoms with van der Waals surface area (Å²) in [6.07, 6.45) is 3.72. The van der Waals surface area contributed by atoms with Gasteiger partial charge >= 0.3 is 0 Å². The van der Waals surface area contributed by atoms with E-state index in [0.717, 1.165) is 28.9 Å². The molecule has 2 saturated heterocycles. The summed E-state index contributed by atoms with van der Waals surface area (Å²) in [5, 5.41) is 12.4. The fourth-order valence-electron chi connectivity index (χ4n) is 4.34. The van der Waals surface area contributed by atoms with Gasteiger partial charge in [-0.25, -0.2) is 23.4 Å². The predicted molar refractivity (Wildman–Crippen MR) is 139 cm³/mol. The Morgan fingerprint density at radius 2 is 1.81 bits per heavy atom. The molecule has 37 heavy (non-hydrogen) atoms. The third-order valence-electron chi connectivity index (χ3n) is 6.37. The first-order valence-corrected chi connectivity index (χ1v) is 13.8. The second-order valence-electron chi connectivity index (χ2n) is 9.16. The lowest BCUT2D eigenvalue weighted by atomic mass is 10.0. The van der Waals surface area contributed by atoms with Gasteiger partial charge in [-0.3, -0.25) is 4.79 Å². The smallest absolute Gasteiger partial charge is 0.255 e. The maximum Gasteiger partial charge on any atom is 0.255 e. The van der Waals surface area contributed by atoms with Gasteiger partial charge in [-0.2, -0.15) is 0 Å². The minimum atomic E-state index is -3.57. The average Bonchev–Trinajstić information content (AvgIpc) is 2.87. The molecule has 5 heterocycles. The topological polar surface area (TPSA) is 138 Å². The molecule has 1 amide bonds. The molecule has 2 N–H and O–H groups in total. The zero-order valence-corrected chi connectivity index (χ0v) is 21.4. The molecular formula is C25H28N6O5S. The summed E-state index contributed by atoms with van der Waals surface area (Å²) in [7, 11) is -3.57. The minimum absolute atomic E-state index is 0.170. The first-order chi connectivity index (χ1) is 17.7. The van der Waals surface area contributed by atoms with Crippen LogP contribution in [0.1, 0.15) is 16.1 Å². The van der Waals surface area contributed by atoms with Crippen molar-refractivity contribution in [3.05, 3.63) is 54.0 Å². The number of aliphatic hydroxyl groups excluding tert-OH is 1. The Morgan fingerprint density at radius 3 is 2.51 bits per heavy atom. The number of aromatic nitrogens is 3. The standard InChI is InChI=1S/C25H28N6O5S/c1-16-20(17-3-5-26-22(11-17)31-14-19(32)15-31)13-21(24(28-16)30-7-9-36-10-8-30)29-25(33)18-4-6-27-23(12-18)37(2,34)35/h3-6,11-13,19,32H,7-10,14-15H2,1-2H3,(H,29,33). The van der Waals surface area contributed by atoms with E-state index in [4.69, 9.17) is 9.72 Å². The molecule has 0 aromatic carbocycles. The maximum absolute atomic E-state index is 13.2. The van der Waals surface area contributed by atoms with Gasteiger partial charge in [0.15, 0.2) is 20.7 Å². The lowest BCUT2D eigenvalue weighted by Gasteiger charge is -2.37. The van der Waals surface area contributed by atoms with E-state index >= 15 is 0 Å². The Hall–Kier alpha value is -3.61. The molecule has 12 heteroatoms. The summed E-state index contributed by atoms with van der Waals surface area (Å²) in [6.45, 7) is 5.33. The van der Waals surface area contributed by atoms with Crippen LogP contribution in [0.5, 0.6) is 0 Å². The van der Waals surface area contributed by atoms with Crippen molar-refractivity contribution in [2.45, 2.75) is 18.1 Å². The number of rotatable bonds is 6. The van der Waals surface area contributed by atoms with Crippen LogP contribution >= 0.6 is 0 Å².